The predicted molar refractivity (Wildman–Crippen MR) is 130 cm³/mol. The molecule has 2 aliphatic heterocycles. The summed E-state index contributed by atoms with van der Waals surface area (Å²) in [5.74, 6) is -2.61. The molecular weight excluding hydrogens is 488 g/mol. The van der Waals surface area contributed by atoms with E-state index in [-0.39, 0.29) is 11.5 Å². The van der Waals surface area contributed by atoms with Crippen molar-refractivity contribution < 1.29 is 34.1 Å². The molecule has 0 aromatic heterocycles. The number of esters is 1. The molecule has 0 aliphatic carbocycles. The van der Waals surface area contributed by atoms with Gasteiger partial charge in [-0.25, -0.2) is 9.59 Å². The van der Waals surface area contributed by atoms with E-state index in [2.05, 4.69) is 5.32 Å². The number of nitrogens with zero attached hydrogens (tertiary/aromatic N) is 1. The number of hydrogen-bond donors (Lipinski definition) is 5. The SMILES string of the molecule is CC1(C)S[C@@H]2[C@H](NC(=O)[C@H](N)c3ccc(OC(=O)[C@@H](N)c4ccc(O)cc4)cc3)C(=O)N2[C@H]1C(=O)O. The van der Waals surface area contributed by atoms with Gasteiger partial charge in [-0.1, -0.05) is 24.3 Å². The normalized spacial score (nSPS) is 23.7. The summed E-state index contributed by atoms with van der Waals surface area (Å²) < 4.78 is 4.59. The van der Waals surface area contributed by atoms with Crippen LogP contribution in [0.3, 0.4) is 0 Å². The Morgan fingerprint density at radius 3 is 2.17 bits per heavy atom. The van der Waals surface area contributed by atoms with Gasteiger partial charge in [-0.2, -0.15) is 0 Å². The van der Waals surface area contributed by atoms with Gasteiger partial charge in [0.25, 0.3) is 0 Å². The summed E-state index contributed by atoms with van der Waals surface area (Å²) in [6.45, 7) is 3.50. The molecule has 36 heavy (non-hydrogen) atoms. The number of aromatic hydroxyl groups is 1. The first-order chi connectivity index (χ1) is 16.9. The van der Waals surface area contributed by atoms with E-state index in [1.54, 1.807) is 13.8 Å². The van der Waals surface area contributed by atoms with Crippen LogP contribution in [0, 0.1) is 0 Å². The Morgan fingerprint density at radius 1 is 1.03 bits per heavy atom. The average molecular weight is 515 g/mol. The molecule has 7 N–H and O–H groups in total. The maximum Gasteiger partial charge on any atom is 0.332 e. The van der Waals surface area contributed by atoms with Crippen molar-refractivity contribution in [3.63, 3.8) is 0 Å². The van der Waals surface area contributed by atoms with Crippen molar-refractivity contribution in [3.05, 3.63) is 59.7 Å². The minimum absolute atomic E-state index is 0.0459. The number of benzene rings is 2. The van der Waals surface area contributed by atoms with E-state index in [0.29, 0.717) is 11.1 Å². The number of phenolic OH excluding ortho intramolecular Hbond substituents is 1. The van der Waals surface area contributed by atoms with E-state index < -0.39 is 58.0 Å². The molecule has 2 aromatic carbocycles. The third kappa shape index (κ3) is 4.62. The molecule has 0 bridgehead atoms. The summed E-state index contributed by atoms with van der Waals surface area (Å²) in [6, 6.07) is 7.82. The highest BCUT2D eigenvalue weighted by Crippen LogP contribution is 2.50. The maximum atomic E-state index is 12.7. The molecule has 2 amide bonds. The van der Waals surface area contributed by atoms with Crippen molar-refractivity contribution in [2.75, 3.05) is 0 Å². The van der Waals surface area contributed by atoms with Crippen LogP contribution in [0.1, 0.15) is 37.1 Å². The Hall–Kier alpha value is -3.61. The van der Waals surface area contributed by atoms with Crippen molar-refractivity contribution >= 4 is 35.5 Å². The Bertz CT molecular complexity index is 1200. The second-order valence-corrected chi connectivity index (χ2v) is 10.9. The molecule has 2 fully saturated rings. The number of thioether (sulfide) groups is 1. The Balaban J connectivity index is 1.35. The number of carbonyl (C=O) groups is 4. The lowest BCUT2D eigenvalue weighted by atomic mass is 9.95. The maximum absolute atomic E-state index is 12.7. The minimum atomic E-state index is -1.11. The highest BCUT2D eigenvalue weighted by molar-refractivity contribution is 8.01. The highest BCUT2D eigenvalue weighted by Gasteiger charge is 2.64. The number of nitrogens with one attached hydrogen (secondary N) is 1. The van der Waals surface area contributed by atoms with E-state index in [9.17, 15) is 29.4 Å². The number of phenols is 1. The summed E-state index contributed by atoms with van der Waals surface area (Å²) in [4.78, 5) is 50.6. The Labute approximate surface area is 210 Å². The van der Waals surface area contributed by atoms with Crippen molar-refractivity contribution in [3.8, 4) is 11.5 Å². The van der Waals surface area contributed by atoms with Gasteiger partial charge in [0.05, 0.1) is 0 Å². The first-order valence-electron chi connectivity index (χ1n) is 11.1. The van der Waals surface area contributed by atoms with Crippen molar-refractivity contribution in [2.45, 2.75) is 48.1 Å². The number of carbonyl (C=O) groups excluding carboxylic acids is 3. The largest absolute Gasteiger partial charge is 0.508 e. The molecule has 11 nitrogen and oxygen atoms in total. The van der Waals surface area contributed by atoms with E-state index in [1.165, 1.54) is 65.2 Å². The zero-order valence-corrected chi connectivity index (χ0v) is 20.3. The molecule has 2 aliphatic rings. The van der Waals surface area contributed by atoms with Crippen molar-refractivity contribution in [1.29, 1.82) is 0 Å². The molecule has 0 saturated carbocycles. The number of nitrogens with two attached hydrogens (primary N) is 2. The van der Waals surface area contributed by atoms with E-state index in [4.69, 9.17) is 16.2 Å². The molecular formula is C24H26N4O7S. The molecule has 190 valence electrons. The average Bonchev–Trinajstić information content (AvgIpc) is 3.10. The quantitative estimate of drug-likeness (QED) is 0.199. The van der Waals surface area contributed by atoms with Crippen LogP contribution in [-0.2, 0) is 19.2 Å². The smallest absolute Gasteiger partial charge is 0.332 e. The second kappa shape index (κ2) is 9.45. The van der Waals surface area contributed by atoms with Gasteiger partial charge in [-0.05, 0) is 49.2 Å². The van der Waals surface area contributed by atoms with Crippen LogP contribution in [0.25, 0.3) is 0 Å². The number of rotatable bonds is 7. The van der Waals surface area contributed by atoms with Crippen LogP contribution in [0.15, 0.2) is 48.5 Å². The standard InChI is InChI=1S/C24H26N4O7S/c1-24(2)18(22(32)33)28-20(31)17(21(28)36-24)27-19(30)15(25)11-5-9-14(10-6-11)35-23(34)16(26)12-3-7-13(29)8-4-12/h3-10,15-18,21,29H,25-26H2,1-2H3,(H,27,30)(H,32,33)/t15-,16+,17-,18+,21-/m1/s1. The zero-order valence-electron chi connectivity index (χ0n) is 19.5. The molecule has 4 rings (SSSR count). The third-order valence-corrected chi connectivity index (χ3v) is 7.79. The first-order valence-corrected chi connectivity index (χ1v) is 11.9. The van der Waals surface area contributed by atoms with E-state index >= 15 is 0 Å². The molecule has 0 spiro atoms. The van der Waals surface area contributed by atoms with Gasteiger partial charge < -0.3 is 36.6 Å². The topological polar surface area (TPSA) is 185 Å². The number of ether oxygens (including phenoxy) is 1. The fraction of sp³-hybridized carbons (Fsp3) is 0.333. The Morgan fingerprint density at radius 2 is 1.58 bits per heavy atom. The Kier molecular flexibility index (Phi) is 6.69. The summed E-state index contributed by atoms with van der Waals surface area (Å²) in [6.07, 6.45) is 0. The second-order valence-electron chi connectivity index (χ2n) is 9.12. The summed E-state index contributed by atoms with van der Waals surface area (Å²) in [5, 5.41) is 21.0. The van der Waals surface area contributed by atoms with E-state index in [1.807, 2.05) is 0 Å². The van der Waals surface area contributed by atoms with E-state index in [0.717, 1.165) is 0 Å². The summed E-state index contributed by atoms with van der Waals surface area (Å²) in [7, 11) is 0. The lowest BCUT2D eigenvalue weighted by Crippen LogP contribution is -2.71. The number of hydrogen-bond acceptors (Lipinski definition) is 9. The molecule has 0 radical (unpaired) electrons. The van der Waals surface area contributed by atoms with Crippen LogP contribution in [-0.4, -0.2) is 61.1 Å². The van der Waals surface area contributed by atoms with Crippen molar-refractivity contribution in [2.24, 2.45) is 11.5 Å². The molecule has 2 aromatic rings. The fourth-order valence-electron chi connectivity index (χ4n) is 4.28. The summed E-state index contributed by atoms with van der Waals surface area (Å²) in [5.41, 5.74) is 12.9. The monoisotopic (exact) mass is 514 g/mol. The van der Waals surface area contributed by atoms with Gasteiger partial charge in [-0.15, -0.1) is 11.8 Å². The van der Waals surface area contributed by atoms with Crippen LogP contribution in [0.4, 0.5) is 0 Å². The lowest BCUT2D eigenvalue weighted by Gasteiger charge is -2.43. The number of β-lactam (4-membered cyclic amide) rings is 1. The van der Waals surface area contributed by atoms with Gasteiger partial charge in [0, 0.05) is 4.75 Å². The van der Waals surface area contributed by atoms with Crippen molar-refractivity contribution in [1.82, 2.24) is 10.2 Å². The number of carboxylic acid groups (broad SMARTS) is 1. The van der Waals surface area contributed by atoms with Gasteiger partial charge >= 0.3 is 11.9 Å². The molecule has 2 heterocycles. The summed E-state index contributed by atoms with van der Waals surface area (Å²) >= 11 is 1.32. The van der Waals surface area contributed by atoms with Crippen LogP contribution < -0.4 is 21.5 Å². The van der Waals surface area contributed by atoms with Crippen LogP contribution in [0.5, 0.6) is 11.5 Å². The fourth-order valence-corrected chi connectivity index (χ4v) is 5.91. The van der Waals surface area contributed by atoms with Gasteiger partial charge in [0.15, 0.2) is 0 Å². The number of amides is 2. The van der Waals surface area contributed by atoms with Gasteiger partial charge in [-0.3, -0.25) is 9.59 Å². The predicted octanol–water partition coefficient (Wildman–Crippen LogP) is 0.629. The number of carboxylic acids is 1. The highest BCUT2D eigenvalue weighted by atomic mass is 32.2. The zero-order chi connectivity index (χ0) is 26.4. The first kappa shape index (κ1) is 25.5. The molecule has 12 heteroatoms. The van der Waals surface area contributed by atoms with Crippen LogP contribution >= 0.6 is 11.8 Å². The molecule has 5 atom stereocenters. The van der Waals surface area contributed by atoms with Crippen LogP contribution in [0.2, 0.25) is 0 Å². The molecule has 2 saturated heterocycles. The minimum Gasteiger partial charge on any atom is -0.508 e. The molecule has 0 unspecified atom stereocenters. The third-order valence-electron chi connectivity index (χ3n) is 6.22. The number of aliphatic carboxylic acids is 1. The van der Waals surface area contributed by atoms with Gasteiger partial charge in [0.1, 0.15) is 41.0 Å². The lowest BCUT2D eigenvalue weighted by molar-refractivity contribution is -0.161. The number of fused-ring (bicyclic) bond motifs is 1. The van der Waals surface area contributed by atoms with Gasteiger partial charge in [0.2, 0.25) is 11.8 Å².